The highest BCUT2D eigenvalue weighted by Crippen LogP contribution is 2.24. The number of aryl methyl sites for hydroxylation is 1. The zero-order chi connectivity index (χ0) is 19.4. The molecule has 0 bridgehead atoms. The number of anilines is 1. The van der Waals surface area contributed by atoms with Gasteiger partial charge in [0.25, 0.3) is 5.91 Å². The Hall–Kier alpha value is -2.68. The number of aliphatic hydroxyl groups is 1. The fourth-order valence-electron chi connectivity index (χ4n) is 2.70. The lowest BCUT2D eigenvalue weighted by Gasteiger charge is -2.07. The van der Waals surface area contributed by atoms with E-state index in [0.29, 0.717) is 27.8 Å². The molecule has 1 amide bonds. The maximum Gasteiger partial charge on any atom is 0.260 e. The largest absolute Gasteiger partial charge is 0.394 e. The second kappa shape index (κ2) is 8.34. The summed E-state index contributed by atoms with van der Waals surface area (Å²) < 4.78 is 8.21. The molecule has 1 aromatic carbocycles. The maximum absolute atomic E-state index is 12.7. The molecule has 3 rings (SSSR count). The quantitative estimate of drug-likeness (QED) is 0.646. The van der Waals surface area contributed by atoms with Gasteiger partial charge in [0.1, 0.15) is 11.5 Å². The Morgan fingerprint density at radius 2 is 2.04 bits per heavy atom. The average Bonchev–Trinajstić information content (AvgIpc) is 3.20. The van der Waals surface area contributed by atoms with Crippen LogP contribution in [0.15, 0.2) is 36.5 Å². The molecule has 0 saturated carbocycles. The van der Waals surface area contributed by atoms with Crippen molar-refractivity contribution in [2.24, 2.45) is 7.05 Å². The molecule has 2 aromatic heterocycles. The molecule has 0 saturated heterocycles. The van der Waals surface area contributed by atoms with E-state index >= 15 is 0 Å². The topological polar surface area (TPSA) is 94.2 Å². The highest BCUT2D eigenvalue weighted by atomic mass is 35.5. The summed E-state index contributed by atoms with van der Waals surface area (Å²) in [6, 6.07) is 8.98. The molecular weight excluding hydrogens is 370 g/mol. The predicted molar refractivity (Wildman–Crippen MR) is 102 cm³/mol. The van der Waals surface area contributed by atoms with E-state index in [2.05, 4.69) is 15.5 Å². The molecule has 2 heterocycles. The number of ether oxygens (including phenoxy) is 1. The number of halogens is 1. The maximum atomic E-state index is 12.7. The Morgan fingerprint density at radius 3 is 2.70 bits per heavy atom. The smallest absolute Gasteiger partial charge is 0.260 e. The van der Waals surface area contributed by atoms with Crippen molar-refractivity contribution in [3.63, 3.8) is 0 Å². The van der Waals surface area contributed by atoms with E-state index in [-0.39, 0.29) is 25.7 Å². The van der Waals surface area contributed by atoms with Gasteiger partial charge in [0.05, 0.1) is 31.0 Å². The number of aromatic nitrogens is 4. The third-order valence-electron chi connectivity index (χ3n) is 3.90. The molecule has 0 atom stereocenters. The monoisotopic (exact) mass is 389 g/mol. The Balaban J connectivity index is 1.89. The number of carbonyl (C=O) groups excluding carboxylic acids is 1. The lowest BCUT2D eigenvalue weighted by atomic mass is 10.1. The van der Waals surface area contributed by atoms with Crippen LogP contribution in [0.4, 0.5) is 5.82 Å². The van der Waals surface area contributed by atoms with Gasteiger partial charge in [-0.15, -0.1) is 0 Å². The second-order valence-corrected chi connectivity index (χ2v) is 6.36. The van der Waals surface area contributed by atoms with Crippen LogP contribution in [0, 0.1) is 0 Å². The van der Waals surface area contributed by atoms with Gasteiger partial charge < -0.3 is 15.2 Å². The fraction of sp³-hybridized carbons (Fsp3) is 0.278. The lowest BCUT2D eigenvalue weighted by molar-refractivity contribution is 0.102. The first kappa shape index (κ1) is 19.1. The van der Waals surface area contributed by atoms with Crippen molar-refractivity contribution in [1.82, 2.24) is 19.6 Å². The van der Waals surface area contributed by atoms with Crippen LogP contribution in [-0.4, -0.2) is 44.3 Å². The number of aliphatic hydroxyl groups excluding tert-OH is 1. The second-order valence-electron chi connectivity index (χ2n) is 5.92. The van der Waals surface area contributed by atoms with Crippen LogP contribution in [0.2, 0.25) is 5.02 Å². The summed E-state index contributed by atoms with van der Waals surface area (Å²) in [5, 5.41) is 21.5. The summed E-state index contributed by atoms with van der Waals surface area (Å²) in [4.78, 5) is 12.7. The SMILES string of the molecule is COCc1nn(C)cc1C(=O)Nc1cc(-c2ccc(Cl)cc2)nn1CCO. The van der Waals surface area contributed by atoms with Crippen molar-refractivity contribution in [3.8, 4) is 11.3 Å². The average molecular weight is 390 g/mol. The minimum Gasteiger partial charge on any atom is -0.394 e. The summed E-state index contributed by atoms with van der Waals surface area (Å²) in [5.41, 5.74) is 2.49. The Labute approximate surface area is 161 Å². The van der Waals surface area contributed by atoms with Gasteiger partial charge in [-0.1, -0.05) is 23.7 Å². The number of amides is 1. The molecule has 8 nitrogen and oxygen atoms in total. The third-order valence-corrected chi connectivity index (χ3v) is 4.16. The van der Waals surface area contributed by atoms with Crippen molar-refractivity contribution in [3.05, 3.63) is 52.8 Å². The van der Waals surface area contributed by atoms with E-state index in [4.69, 9.17) is 16.3 Å². The molecule has 0 spiro atoms. The van der Waals surface area contributed by atoms with Crippen molar-refractivity contribution in [2.75, 3.05) is 19.0 Å². The van der Waals surface area contributed by atoms with Crippen molar-refractivity contribution < 1.29 is 14.6 Å². The van der Waals surface area contributed by atoms with Crippen LogP contribution in [-0.2, 0) is 24.9 Å². The Morgan fingerprint density at radius 1 is 1.30 bits per heavy atom. The first-order valence-corrected chi connectivity index (χ1v) is 8.67. The molecule has 0 fully saturated rings. The third kappa shape index (κ3) is 4.36. The number of benzene rings is 1. The molecule has 0 aliphatic carbocycles. The lowest BCUT2D eigenvalue weighted by Crippen LogP contribution is -2.17. The van der Waals surface area contributed by atoms with Crippen LogP contribution in [0.1, 0.15) is 16.1 Å². The van der Waals surface area contributed by atoms with E-state index in [0.717, 1.165) is 5.56 Å². The number of carbonyl (C=O) groups is 1. The molecular formula is C18H20ClN5O3. The molecule has 2 N–H and O–H groups in total. The van der Waals surface area contributed by atoms with Gasteiger partial charge in [0.2, 0.25) is 0 Å². The number of rotatable bonds is 7. The Bertz CT molecular complexity index is 933. The normalized spacial score (nSPS) is 11.0. The predicted octanol–water partition coefficient (Wildman–Crippen LogP) is 2.33. The molecule has 9 heteroatoms. The van der Waals surface area contributed by atoms with Crippen LogP contribution >= 0.6 is 11.6 Å². The van der Waals surface area contributed by atoms with E-state index in [9.17, 15) is 9.90 Å². The highest BCUT2D eigenvalue weighted by Gasteiger charge is 2.18. The zero-order valence-corrected chi connectivity index (χ0v) is 15.8. The number of nitrogens with one attached hydrogen (secondary N) is 1. The van der Waals surface area contributed by atoms with Crippen molar-refractivity contribution >= 4 is 23.3 Å². The van der Waals surface area contributed by atoms with Crippen LogP contribution in [0.3, 0.4) is 0 Å². The summed E-state index contributed by atoms with van der Waals surface area (Å²) in [7, 11) is 3.29. The first-order chi connectivity index (χ1) is 13.0. The van der Waals surface area contributed by atoms with Gasteiger partial charge in [-0.05, 0) is 12.1 Å². The van der Waals surface area contributed by atoms with E-state index in [1.54, 1.807) is 47.9 Å². The zero-order valence-electron chi connectivity index (χ0n) is 15.0. The summed E-state index contributed by atoms with van der Waals surface area (Å²) in [5.74, 6) is 0.156. The Kier molecular flexibility index (Phi) is 5.90. The number of hydrogen-bond acceptors (Lipinski definition) is 5. The molecule has 0 aliphatic heterocycles. The molecule has 142 valence electrons. The molecule has 0 aliphatic rings. The van der Waals surface area contributed by atoms with Gasteiger partial charge in [-0.25, -0.2) is 4.68 Å². The summed E-state index contributed by atoms with van der Waals surface area (Å²) in [6.07, 6.45) is 1.64. The van der Waals surface area contributed by atoms with E-state index in [1.165, 1.54) is 0 Å². The molecule has 0 radical (unpaired) electrons. The summed E-state index contributed by atoms with van der Waals surface area (Å²) >= 11 is 5.93. The van der Waals surface area contributed by atoms with Gasteiger partial charge in [0.15, 0.2) is 0 Å². The van der Waals surface area contributed by atoms with Gasteiger partial charge >= 0.3 is 0 Å². The summed E-state index contributed by atoms with van der Waals surface area (Å²) in [6.45, 7) is 0.378. The van der Waals surface area contributed by atoms with Gasteiger partial charge in [0, 0.05) is 37.0 Å². The first-order valence-electron chi connectivity index (χ1n) is 8.29. The minimum atomic E-state index is -0.322. The highest BCUT2D eigenvalue weighted by molar-refractivity contribution is 6.30. The van der Waals surface area contributed by atoms with Crippen LogP contribution < -0.4 is 5.32 Å². The van der Waals surface area contributed by atoms with Gasteiger partial charge in [-0.2, -0.15) is 10.2 Å². The molecule has 0 unspecified atom stereocenters. The fourth-order valence-corrected chi connectivity index (χ4v) is 2.82. The van der Waals surface area contributed by atoms with Crippen LogP contribution in [0.5, 0.6) is 0 Å². The van der Waals surface area contributed by atoms with E-state index < -0.39 is 0 Å². The number of methoxy groups -OCH3 is 1. The molecule has 27 heavy (non-hydrogen) atoms. The minimum absolute atomic E-state index is 0.105. The van der Waals surface area contributed by atoms with E-state index in [1.807, 2.05) is 12.1 Å². The molecule has 3 aromatic rings. The van der Waals surface area contributed by atoms with Crippen LogP contribution in [0.25, 0.3) is 11.3 Å². The number of nitrogens with zero attached hydrogens (tertiary/aromatic N) is 4. The number of hydrogen-bond donors (Lipinski definition) is 2. The van der Waals surface area contributed by atoms with Gasteiger partial charge in [-0.3, -0.25) is 9.48 Å². The standard InChI is InChI=1S/C18H20ClN5O3/c1-23-10-14(16(21-23)11-27-2)18(26)20-17-9-15(22-24(17)7-8-25)12-3-5-13(19)6-4-12/h3-6,9-10,25H,7-8,11H2,1-2H3,(H,20,26). The van der Waals surface area contributed by atoms with Crippen molar-refractivity contribution in [2.45, 2.75) is 13.2 Å². The van der Waals surface area contributed by atoms with Crippen molar-refractivity contribution in [1.29, 1.82) is 0 Å².